The van der Waals surface area contributed by atoms with Gasteiger partial charge in [-0.05, 0) is 6.07 Å². The molecule has 1 aromatic heterocycles. The topological polar surface area (TPSA) is 53.5 Å². The SMILES string of the molecule is C#CCN1CCN(S(=O)(=O)c2cnccc2Cl)CC1. The maximum atomic E-state index is 12.4. The molecule has 1 fully saturated rings. The summed E-state index contributed by atoms with van der Waals surface area (Å²) in [6.07, 6.45) is 7.99. The second kappa shape index (κ2) is 5.88. The monoisotopic (exact) mass is 299 g/mol. The van der Waals surface area contributed by atoms with Crippen LogP contribution in [0.3, 0.4) is 0 Å². The first kappa shape index (κ1) is 14.3. The fourth-order valence-electron chi connectivity index (χ4n) is 1.95. The van der Waals surface area contributed by atoms with Gasteiger partial charge in [0.1, 0.15) is 4.90 Å². The highest BCUT2D eigenvalue weighted by Gasteiger charge is 2.29. The van der Waals surface area contributed by atoms with Crippen LogP contribution in [0.15, 0.2) is 23.4 Å². The minimum absolute atomic E-state index is 0.0575. The van der Waals surface area contributed by atoms with Crippen molar-refractivity contribution in [2.75, 3.05) is 32.7 Å². The number of halogens is 1. The van der Waals surface area contributed by atoms with Crippen molar-refractivity contribution in [3.8, 4) is 12.3 Å². The van der Waals surface area contributed by atoms with Gasteiger partial charge < -0.3 is 0 Å². The molecule has 0 aromatic carbocycles. The first-order chi connectivity index (χ1) is 9.05. The lowest BCUT2D eigenvalue weighted by Gasteiger charge is -2.32. The summed E-state index contributed by atoms with van der Waals surface area (Å²) in [6, 6.07) is 1.48. The summed E-state index contributed by atoms with van der Waals surface area (Å²) in [6.45, 7) is 2.62. The van der Waals surface area contributed by atoms with Crippen molar-refractivity contribution in [1.29, 1.82) is 0 Å². The van der Waals surface area contributed by atoms with Crippen molar-refractivity contribution < 1.29 is 8.42 Å². The van der Waals surface area contributed by atoms with Crippen molar-refractivity contribution >= 4 is 21.6 Å². The Kier molecular flexibility index (Phi) is 4.42. The molecule has 1 aromatic rings. The molecule has 102 valence electrons. The van der Waals surface area contributed by atoms with Crippen LogP contribution in [0.25, 0.3) is 0 Å². The van der Waals surface area contributed by atoms with Crippen LogP contribution in [0.4, 0.5) is 0 Å². The Morgan fingerprint density at radius 2 is 2.05 bits per heavy atom. The summed E-state index contributed by atoms with van der Waals surface area (Å²) in [5.41, 5.74) is 0. The Morgan fingerprint density at radius 1 is 1.37 bits per heavy atom. The molecule has 0 radical (unpaired) electrons. The number of nitrogens with zero attached hydrogens (tertiary/aromatic N) is 3. The zero-order valence-corrected chi connectivity index (χ0v) is 11.9. The number of hydrogen-bond donors (Lipinski definition) is 0. The lowest BCUT2D eigenvalue weighted by Crippen LogP contribution is -2.48. The van der Waals surface area contributed by atoms with E-state index in [1.807, 2.05) is 4.90 Å². The predicted molar refractivity (Wildman–Crippen MR) is 73.3 cm³/mol. The van der Waals surface area contributed by atoms with Gasteiger partial charge in [-0.1, -0.05) is 17.5 Å². The minimum Gasteiger partial charge on any atom is -0.290 e. The van der Waals surface area contributed by atoms with E-state index in [0.717, 1.165) is 0 Å². The van der Waals surface area contributed by atoms with Crippen LogP contribution >= 0.6 is 11.6 Å². The Bertz CT molecular complexity index is 589. The highest BCUT2D eigenvalue weighted by Crippen LogP contribution is 2.23. The fraction of sp³-hybridized carbons (Fsp3) is 0.417. The third-order valence-corrected chi connectivity index (χ3v) is 5.37. The number of aromatic nitrogens is 1. The third kappa shape index (κ3) is 3.07. The van der Waals surface area contributed by atoms with E-state index in [0.29, 0.717) is 32.7 Å². The molecule has 2 rings (SSSR count). The Hall–Kier alpha value is -1.13. The number of sulfonamides is 1. The molecule has 0 bridgehead atoms. The number of hydrogen-bond acceptors (Lipinski definition) is 4. The second-order valence-corrected chi connectivity index (χ2v) is 6.50. The second-order valence-electron chi connectivity index (χ2n) is 4.19. The summed E-state index contributed by atoms with van der Waals surface area (Å²) >= 11 is 5.92. The molecule has 19 heavy (non-hydrogen) atoms. The summed E-state index contributed by atoms with van der Waals surface area (Å²) < 4.78 is 26.3. The van der Waals surface area contributed by atoms with Crippen molar-refractivity contribution in [1.82, 2.24) is 14.2 Å². The van der Waals surface area contributed by atoms with E-state index in [2.05, 4.69) is 10.9 Å². The Labute approximate surface area is 118 Å². The van der Waals surface area contributed by atoms with E-state index < -0.39 is 10.0 Å². The average Bonchev–Trinajstić information content (AvgIpc) is 2.40. The van der Waals surface area contributed by atoms with Crippen molar-refractivity contribution in [2.45, 2.75) is 4.90 Å². The molecule has 0 N–H and O–H groups in total. The smallest absolute Gasteiger partial charge is 0.246 e. The molecule has 0 spiro atoms. The molecule has 0 aliphatic carbocycles. The van der Waals surface area contributed by atoms with Crippen LogP contribution in [0, 0.1) is 12.3 Å². The van der Waals surface area contributed by atoms with Crippen molar-refractivity contribution in [3.05, 3.63) is 23.5 Å². The average molecular weight is 300 g/mol. The zero-order chi connectivity index (χ0) is 13.9. The van der Waals surface area contributed by atoms with E-state index in [4.69, 9.17) is 18.0 Å². The molecule has 1 saturated heterocycles. The molecular formula is C12H14ClN3O2S. The van der Waals surface area contributed by atoms with Gasteiger partial charge in [0.2, 0.25) is 10.0 Å². The predicted octanol–water partition coefficient (Wildman–Crippen LogP) is 0.674. The largest absolute Gasteiger partial charge is 0.290 e. The van der Waals surface area contributed by atoms with Crippen molar-refractivity contribution in [3.63, 3.8) is 0 Å². The highest BCUT2D eigenvalue weighted by molar-refractivity contribution is 7.89. The lowest BCUT2D eigenvalue weighted by atomic mass is 10.4. The van der Waals surface area contributed by atoms with Gasteiger partial charge in [0.15, 0.2) is 0 Å². The molecule has 7 heteroatoms. The van der Waals surface area contributed by atoms with E-state index in [9.17, 15) is 8.42 Å². The van der Waals surface area contributed by atoms with Crippen LogP contribution in [-0.4, -0.2) is 55.3 Å². The molecule has 2 heterocycles. The van der Waals surface area contributed by atoms with Crippen LogP contribution in [0.1, 0.15) is 0 Å². The van der Waals surface area contributed by atoms with E-state index in [1.165, 1.54) is 22.8 Å². The van der Waals surface area contributed by atoms with Crippen LogP contribution in [0.5, 0.6) is 0 Å². The third-order valence-electron chi connectivity index (χ3n) is 3.00. The molecule has 0 atom stereocenters. The van der Waals surface area contributed by atoms with E-state index in [-0.39, 0.29) is 9.92 Å². The van der Waals surface area contributed by atoms with Gasteiger partial charge in [-0.2, -0.15) is 4.31 Å². The molecule has 0 saturated carbocycles. The molecule has 0 unspecified atom stereocenters. The molecule has 5 nitrogen and oxygen atoms in total. The zero-order valence-electron chi connectivity index (χ0n) is 10.3. The van der Waals surface area contributed by atoms with Gasteiger partial charge in [-0.15, -0.1) is 6.42 Å². The Balaban J connectivity index is 2.15. The number of terminal acetylenes is 1. The van der Waals surface area contributed by atoms with Crippen LogP contribution in [0.2, 0.25) is 5.02 Å². The first-order valence-corrected chi connectivity index (χ1v) is 7.63. The summed E-state index contributed by atoms with van der Waals surface area (Å²) in [4.78, 5) is 5.92. The maximum absolute atomic E-state index is 12.4. The highest BCUT2D eigenvalue weighted by atomic mass is 35.5. The van der Waals surface area contributed by atoms with Gasteiger partial charge in [-0.3, -0.25) is 9.88 Å². The fourth-order valence-corrected chi connectivity index (χ4v) is 3.78. The summed E-state index contributed by atoms with van der Waals surface area (Å²) in [5, 5.41) is 0.195. The number of piperazine rings is 1. The molecule has 1 aliphatic heterocycles. The summed E-state index contributed by atoms with van der Waals surface area (Å²) in [7, 11) is -3.57. The van der Waals surface area contributed by atoms with E-state index >= 15 is 0 Å². The van der Waals surface area contributed by atoms with Crippen molar-refractivity contribution in [2.24, 2.45) is 0 Å². The van der Waals surface area contributed by atoms with Gasteiger partial charge in [0.25, 0.3) is 0 Å². The minimum atomic E-state index is -3.57. The van der Waals surface area contributed by atoms with Crippen LogP contribution < -0.4 is 0 Å². The Morgan fingerprint density at radius 3 is 2.63 bits per heavy atom. The molecule has 1 aliphatic rings. The summed E-state index contributed by atoms with van der Waals surface area (Å²) in [5.74, 6) is 2.56. The molecular weight excluding hydrogens is 286 g/mol. The number of rotatable bonds is 3. The van der Waals surface area contributed by atoms with Gasteiger partial charge in [-0.25, -0.2) is 8.42 Å². The van der Waals surface area contributed by atoms with Gasteiger partial charge in [0, 0.05) is 38.6 Å². The standard InChI is InChI=1S/C12H14ClN3O2S/c1-2-5-15-6-8-16(9-7-15)19(17,18)12-10-14-4-3-11(12)13/h1,3-4,10H,5-9H2. The quantitative estimate of drug-likeness (QED) is 0.770. The van der Waals surface area contributed by atoms with Gasteiger partial charge in [0.05, 0.1) is 11.6 Å². The lowest BCUT2D eigenvalue weighted by molar-refractivity contribution is 0.207. The normalized spacial score (nSPS) is 18.1. The maximum Gasteiger partial charge on any atom is 0.246 e. The van der Waals surface area contributed by atoms with E-state index in [1.54, 1.807) is 0 Å². The van der Waals surface area contributed by atoms with Crippen LogP contribution in [-0.2, 0) is 10.0 Å². The number of pyridine rings is 1. The molecule has 0 amide bonds. The van der Waals surface area contributed by atoms with Gasteiger partial charge >= 0.3 is 0 Å². The first-order valence-electron chi connectivity index (χ1n) is 5.81.